The number of unbranched alkanes of at least 4 members (excludes halogenated alkanes) is 2. The first-order chi connectivity index (χ1) is 32.6. The average Bonchev–Trinajstić information content (AvgIpc) is 3.32. The van der Waals surface area contributed by atoms with Crippen LogP contribution in [0.2, 0.25) is 0 Å². The van der Waals surface area contributed by atoms with Gasteiger partial charge in [0, 0.05) is 6.54 Å². The van der Waals surface area contributed by atoms with E-state index in [1.807, 2.05) is 60.7 Å². The van der Waals surface area contributed by atoms with Gasteiger partial charge in [-0.1, -0.05) is 60.7 Å². The van der Waals surface area contributed by atoms with Gasteiger partial charge in [0.2, 0.25) is 47.3 Å². The number of carbonyl (C=O) groups excluding carboxylic acids is 8. The largest absolute Gasteiger partial charge is 0.394 e. The number of benzene rings is 2. The van der Waals surface area contributed by atoms with Crippen molar-refractivity contribution in [1.82, 2.24) is 42.5 Å². The SMILES string of the molecule is C[C@@H]1NC(=O)[C@H](CCc2ccccc2)NC(=O)[C@H](CO)NC(=O)[C@H](CCCCN)NC(=O)[C@H](CCCN=C(N)N)NC(=O)[C@H](CCCCN)NC(=O)CNC(=O)[C@H](CCc2ccccc2)NC1=O. The molecule has 0 radical (unpaired) electrons. The van der Waals surface area contributed by atoms with Crippen LogP contribution in [0.4, 0.5) is 0 Å². The highest BCUT2D eigenvalue weighted by atomic mass is 16.3. The first-order valence-corrected chi connectivity index (χ1v) is 23.2. The zero-order chi connectivity index (χ0) is 49.8. The van der Waals surface area contributed by atoms with E-state index in [9.17, 15) is 43.5 Å². The van der Waals surface area contributed by atoms with Crippen molar-refractivity contribution in [3.63, 3.8) is 0 Å². The molecule has 1 heterocycles. The van der Waals surface area contributed by atoms with Crippen LogP contribution in [0.15, 0.2) is 65.7 Å². The fourth-order valence-corrected chi connectivity index (χ4v) is 7.24. The van der Waals surface area contributed by atoms with Crippen LogP contribution in [0.5, 0.6) is 0 Å². The maximum atomic E-state index is 14.1. The van der Waals surface area contributed by atoms with Gasteiger partial charge in [-0.05, 0) is 108 Å². The van der Waals surface area contributed by atoms with Gasteiger partial charge in [-0.15, -0.1) is 0 Å². The predicted molar refractivity (Wildman–Crippen MR) is 255 cm³/mol. The van der Waals surface area contributed by atoms with Crippen LogP contribution in [-0.4, -0.2) is 133 Å². The van der Waals surface area contributed by atoms with Crippen LogP contribution >= 0.6 is 0 Å². The van der Waals surface area contributed by atoms with Crippen LogP contribution < -0.4 is 65.5 Å². The highest BCUT2D eigenvalue weighted by Crippen LogP contribution is 2.11. The smallest absolute Gasteiger partial charge is 0.245 e. The summed E-state index contributed by atoms with van der Waals surface area (Å²) < 4.78 is 0. The van der Waals surface area contributed by atoms with Crippen molar-refractivity contribution in [3.8, 4) is 0 Å². The molecule has 7 atom stereocenters. The minimum absolute atomic E-state index is 0.0200. The molecule has 0 bridgehead atoms. The first kappa shape index (κ1) is 55.7. The van der Waals surface area contributed by atoms with Gasteiger partial charge >= 0.3 is 0 Å². The van der Waals surface area contributed by atoms with E-state index in [2.05, 4.69) is 47.5 Å². The Balaban J connectivity index is 2.05. The minimum Gasteiger partial charge on any atom is -0.394 e. The van der Waals surface area contributed by atoms with Crippen molar-refractivity contribution in [1.29, 1.82) is 0 Å². The maximum Gasteiger partial charge on any atom is 0.245 e. The first-order valence-electron chi connectivity index (χ1n) is 23.2. The third-order valence-corrected chi connectivity index (χ3v) is 11.1. The van der Waals surface area contributed by atoms with Gasteiger partial charge in [0.25, 0.3) is 0 Å². The van der Waals surface area contributed by atoms with E-state index in [-0.39, 0.29) is 57.6 Å². The van der Waals surface area contributed by atoms with E-state index in [0.29, 0.717) is 45.1 Å². The second kappa shape index (κ2) is 30.6. The Bertz CT molecular complexity index is 1970. The van der Waals surface area contributed by atoms with E-state index in [1.54, 1.807) is 0 Å². The summed E-state index contributed by atoms with van der Waals surface area (Å²) in [5.41, 5.74) is 24.1. The summed E-state index contributed by atoms with van der Waals surface area (Å²) in [4.78, 5) is 115. The third-order valence-electron chi connectivity index (χ3n) is 11.1. The van der Waals surface area contributed by atoms with E-state index in [0.717, 1.165) is 11.1 Å². The molecule has 0 aromatic heterocycles. The van der Waals surface area contributed by atoms with Gasteiger partial charge in [0.15, 0.2) is 5.96 Å². The molecule has 2 aromatic carbocycles. The van der Waals surface area contributed by atoms with Crippen molar-refractivity contribution < 1.29 is 43.5 Å². The Hall–Kier alpha value is -6.65. The maximum absolute atomic E-state index is 14.1. The molecule has 374 valence electrons. The summed E-state index contributed by atoms with van der Waals surface area (Å²) in [6.45, 7) is 0.558. The molecule has 1 fully saturated rings. The molecule has 8 amide bonds. The standard InChI is InChI=1S/C46H71N13O9/c1-29-39(62)55-35(22-20-30-13-4-2-5-14-30)40(63)52-27-38(61)54-32(17-8-10-24-47)42(65)57-34(19-12-26-51-46(49)50)43(66)56-33(18-9-11-25-48)44(67)59-37(28-60)45(68)58-36(41(64)53-29)23-21-31-15-6-3-7-16-31/h2-7,13-16,29,32-37,60H,8-12,17-28,47-48H2,1H3,(H,52,63)(H,53,64)(H,54,61)(H,55,62)(H,56,66)(H,57,65)(H,58,68)(H,59,67)(H4,49,50,51)/t29-,32-,33-,34-,35-,36-,37-/m0/s1. The number of aliphatic imine (C=N–C) groups is 1. The van der Waals surface area contributed by atoms with Gasteiger partial charge in [-0.25, -0.2) is 0 Å². The summed E-state index contributed by atoms with van der Waals surface area (Å²) in [6, 6.07) is 9.16. The summed E-state index contributed by atoms with van der Waals surface area (Å²) in [5.74, 6) is -6.48. The summed E-state index contributed by atoms with van der Waals surface area (Å²) in [6.07, 6.45) is 2.84. The molecule has 68 heavy (non-hydrogen) atoms. The lowest BCUT2D eigenvalue weighted by Crippen LogP contribution is -2.61. The number of nitrogens with two attached hydrogens (primary N) is 4. The van der Waals surface area contributed by atoms with E-state index >= 15 is 0 Å². The third kappa shape index (κ3) is 20.5. The van der Waals surface area contributed by atoms with Gasteiger partial charge in [-0.3, -0.25) is 43.3 Å². The Morgan fingerprint density at radius 3 is 1.38 bits per heavy atom. The fraction of sp³-hybridized carbons (Fsp3) is 0.543. The molecule has 0 unspecified atom stereocenters. The van der Waals surface area contributed by atoms with Crippen LogP contribution in [0.3, 0.4) is 0 Å². The number of aliphatic hydroxyl groups excluding tert-OH is 1. The number of nitrogens with one attached hydrogen (secondary N) is 8. The minimum atomic E-state index is -1.61. The molecule has 22 heteroatoms. The van der Waals surface area contributed by atoms with Crippen molar-refractivity contribution in [3.05, 3.63) is 71.8 Å². The molecule has 1 aliphatic heterocycles. The fourth-order valence-electron chi connectivity index (χ4n) is 7.24. The number of nitrogens with zero attached hydrogens (tertiary/aromatic N) is 1. The molecule has 17 N–H and O–H groups in total. The molecular formula is C46H71N13O9. The summed E-state index contributed by atoms with van der Waals surface area (Å²) in [5, 5.41) is 31.3. The number of hydrogen-bond acceptors (Lipinski definition) is 12. The van der Waals surface area contributed by atoms with Gasteiger partial charge in [0.1, 0.15) is 42.3 Å². The molecule has 3 rings (SSSR count). The highest BCUT2D eigenvalue weighted by Gasteiger charge is 2.34. The number of aliphatic hydroxyl groups is 1. The van der Waals surface area contributed by atoms with Crippen LogP contribution in [0.1, 0.15) is 82.3 Å². The molecule has 2 aromatic rings. The molecular weight excluding hydrogens is 879 g/mol. The lowest BCUT2D eigenvalue weighted by Gasteiger charge is -2.27. The second-order valence-corrected chi connectivity index (χ2v) is 16.6. The van der Waals surface area contributed by atoms with E-state index in [1.165, 1.54) is 6.92 Å². The zero-order valence-electron chi connectivity index (χ0n) is 38.8. The van der Waals surface area contributed by atoms with E-state index in [4.69, 9.17) is 22.9 Å². The Labute approximate surface area is 397 Å². The number of hydrogen-bond donors (Lipinski definition) is 13. The highest BCUT2D eigenvalue weighted by molar-refractivity contribution is 5.98. The molecule has 0 spiro atoms. The number of carbonyl (C=O) groups is 8. The number of amides is 8. The van der Waals surface area contributed by atoms with Crippen molar-refractivity contribution in [2.24, 2.45) is 27.9 Å². The van der Waals surface area contributed by atoms with Crippen molar-refractivity contribution in [2.45, 2.75) is 126 Å². The van der Waals surface area contributed by atoms with Gasteiger partial charge in [-0.2, -0.15) is 0 Å². The second-order valence-electron chi connectivity index (χ2n) is 16.6. The van der Waals surface area contributed by atoms with Crippen LogP contribution in [0.25, 0.3) is 0 Å². The Kier molecular flexibility index (Phi) is 25.1. The summed E-state index contributed by atoms with van der Waals surface area (Å²) >= 11 is 0. The number of rotatable bonds is 19. The Morgan fingerprint density at radius 2 is 0.912 bits per heavy atom. The molecule has 1 aliphatic rings. The molecule has 0 aliphatic carbocycles. The van der Waals surface area contributed by atoms with Gasteiger partial charge in [0.05, 0.1) is 13.2 Å². The quantitative estimate of drug-likeness (QED) is 0.0383. The monoisotopic (exact) mass is 950 g/mol. The zero-order valence-corrected chi connectivity index (χ0v) is 38.8. The normalized spacial score (nSPS) is 23.0. The molecule has 0 saturated carbocycles. The van der Waals surface area contributed by atoms with Gasteiger partial charge < -0.3 is 70.6 Å². The predicted octanol–water partition coefficient (Wildman–Crippen LogP) is -2.90. The number of guanidine groups is 1. The number of aryl methyl sites for hydroxylation is 2. The molecule has 22 nitrogen and oxygen atoms in total. The lowest BCUT2D eigenvalue weighted by atomic mass is 10.0. The van der Waals surface area contributed by atoms with Crippen molar-refractivity contribution >= 4 is 53.2 Å². The van der Waals surface area contributed by atoms with Crippen molar-refractivity contribution in [2.75, 3.05) is 32.8 Å². The average molecular weight is 950 g/mol. The topological polar surface area (TPSA) is 369 Å². The Morgan fingerprint density at radius 1 is 0.515 bits per heavy atom. The lowest BCUT2D eigenvalue weighted by molar-refractivity contribution is -0.136. The van der Waals surface area contributed by atoms with Crippen LogP contribution in [0, 0.1) is 0 Å². The summed E-state index contributed by atoms with van der Waals surface area (Å²) in [7, 11) is 0. The van der Waals surface area contributed by atoms with E-state index < -0.39 is 103 Å². The van der Waals surface area contributed by atoms with Crippen LogP contribution in [-0.2, 0) is 51.2 Å². The molecule has 1 saturated heterocycles.